The Morgan fingerprint density at radius 3 is 2.45 bits per heavy atom. The Hall–Kier alpha value is -1.88. The second kappa shape index (κ2) is 9.20. The van der Waals surface area contributed by atoms with Crippen LogP contribution < -0.4 is 10.7 Å². The Morgan fingerprint density at radius 1 is 1.18 bits per heavy atom. The Balaban J connectivity index is 2.35. The minimum Gasteiger partial charge on any atom is -0.325 e. The minimum absolute atomic E-state index is 0.0781. The van der Waals surface area contributed by atoms with Crippen molar-refractivity contribution >= 4 is 34.8 Å². The maximum absolute atomic E-state index is 11.8. The zero-order valence-electron chi connectivity index (χ0n) is 13.1. The molecule has 2 N–H and O–H groups in total. The van der Waals surface area contributed by atoms with Crippen molar-refractivity contribution in [3.8, 4) is 0 Å². The predicted molar refractivity (Wildman–Crippen MR) is 90.0 cm³/mol. The summed E-state index contributed by atoms with van der Waals surface area (Å²) in [6, 6.07) is 6.96. The van der Waals surface area contributed by atoms with Crippen LogP contribution in [0.3, 0.4) is 0 Å². The van der Waals surface area contributed by atoms with Gasteiger partial charge in [0.05, 0.1) is 10.7 Å². The van der Waals surface area contributed by atoms with Crippen LogP contribution in [-0.4, -0.2) is 17.5 Å². The maximum atomic E-state index is 11.8. The molecule has 5 nitrogen and oxygen atoms in total. The number of hydrogen-bond acceptors (Lipinski definition) is 3. The molecule has 6 heteroatoms. The summed E-state index contributed by atoms with van der Waals surface area (Å²) in [7, 11) is 0. The van der Waals surface area contributed by atoms with Crippen LogP contribution in [0.15, 0.2) is 29.4 Å². The number of nitrogens with zero attached hydrogens (tertiary/aromatic N) is 1. The molecule has 0 spiro atoms. The number of amides is 2. The third-order valence-corrected chi connectivity index (χ3v) is 3.13. The van der Waals surface area contributed by atoms with E-state index in [4.69, 9.17) is 11.6 Å². The third-order valence-electron chi connectivity index (χ3n) is 2.80. The monoisotopic (exact) mass is 323 g/mol. The van der Waals surface area contributed by atoms with E-state index in [1.165, 1.54) is 0 Å². The number of rotatable bonds is 7. The number of para-hydroxylation sites is 1. The Kier molecular flexibility index (Phi) is 7.60. The van der Waals surface area contributed by atoms with E-state index in [0.29, 0.717) is 16.6 Å². The topological polar surface area (TPSA) is 70.6 Å². The molecule has 0 unspecified atom stereocenters. The van der Waals surface area contributed by atoms with Gasteiger partial charge in [-0.05, 0) is 31.4 Å². The molecule has 0 saturated carbocycles. The van der Waals surface area contributed by atoms with E-state index in [9.17, 15) is 9.59 Å². The highest BCUT2D eigenvalue weighted by Crippen LogP contribution is 2.20. The summed E-state index contributed by atoms with van der Waals surface area (Å²) < 4.78 is 0. The number of halogens is 1. The van der Waals surface area contributed by atoms with E-state index in [0.717, 1.165) is 12.1 Å². The van der Waals surface area contributed by atoms with E-state index in [1.807, 2.05) is 6.92 Å². The number of benzene rings is 1. The smallest absolute Gasteiger partial charge is 0.240 e. The molecule has 0 radical (unpaired) electrons. The lowest BCUT2D eigenvalue weighted by molar-refractivity contribution is -0.124. The first-order valence-corrected chi connectivity index (χ1v) is 7.62. The lowest BCUT2D eigenvalue weighted by Crippen LogP contribution is -2.21. The number of nitrogens with one attached hydrogen (secondary N) is 2. The van der Waals surface area contributed by atoms with Gasteiger partial charge in [0.2, 0.25) is 11.8 Å². The maximum Gasteiger partial charge on any atom is 0.240 e. The Labute approximate surface area is 136 Å². The lowest BCUT2D eigenvalue weighted by Gasteiger charge is -2.07. The van der Waals surface area contributed by atoms with E-state index >= 15 is 0 Å². The van der Waals surface area contributed by atoms with Crippen molar-refractivity contribution in [2.45, 2.75) is 40.0 Å². The molecular formula is C16H22ClN3O2. The zero-order valence-corrected chi connectivity index (χ0v) is 13.9. The Morgan fingerprint density at radius 2 is 1.82 bits per heavy atom. The van der Waals surface area contributed by atoms with Crippen molar-refractivity contribution in [1.82, 2.24) is 5.43 Å². The second-order valence-electron chi connectivity index (χ2n) is 5.51. The van der Waals surface area contributed by atoms with Gasteiger partial charge in [-0.3, -0.25) is 9.59 Å². The van der Waals surface area contributed by atoms with Gasteiger partial charge in [0.1, 0.15) is 0 Å². The summed E-state index contributed by atoms with van der Waals surface area (Å²) in [5.74, 6) is -0.0504. The van der Waals surface area contributed by atoms with Crippen molar-refractivity contribution in [3.63, 3.8) is 0 Å². The molecule has 0 aliphatic rings. The summed E-state index contributed by atoms with van der Waals surface area (Å²) in [5.41, 5.74) is 3.87. The molecule has 1 aromatic rings. The molecule has 0 fully saturated rings. The molecule has 0 aliphatic heterocycles. The molecule has 0 heterocycles. The molecule has 2 amide bonds. The first-order chi connectivity index (χ1) is 10.4. The van der Waals surface area contributed by atoms with Crippen molar-refractivity contribution < 1.29 is 9.59 Å². The number of hydrazone groups is 1. The molecule has 1 aromatic carbocycles. The van der Waals surface area contributed by atoms with Gasteiger partial charge in [-0.25, -0.2) is 5.43 Å². The average molecular weight is 324 g/mol. The summed E-state index contributed by atoms with van der Waals surface area (Å²) in [4.78, 5) is 23.4. The van der Waals surface area contributed by atoms with Gasteiger partial charge >= 0.3 is 0 Å². The van der Waals surface area contributed by atoms with E-state index in [1.54, 1.807) is 24.3 Å². The van der Waals surface area contributed by atoms with Crippen LogP contribution >= 0.6 is 11.6 Å². The van der Waals surface area contributed by atoms with E-state index in [-0.39, 0.29) is 24.7 Å². The average Bonchev–Trinajstić information content (AvgIpc) is 2.44. The molecule has 22 heavy (non-hydrogen) atoms. The molecule has 0 atom stereocenters. The first kappa shape index (κ1) is 18.2. The van der Waals surface area contributed by atoms with E-state index < -0.39 is 0 Å². The van der Waals surface area contributed by atoms with Gasteiger partial charge in [0, 0.05) is 18.6 Å². The molecule has 0 aliphatic carbocycles. The van der Waals surface area contributed by atoms with Gasteiger partial charge in [-0.2, -0.15) is 5.10 Å². The molecule has 0 bridgehead atoms. The Bertz CT molecular complexity index is 556. The minimum atomic E-state index is -0.280. The molecule has 1 rings (SSSR count). The van der Waals surface area contributed by atoms with Crippen LogP contribution in [0, 0.1) is 5.92 Å². The van der Waals surface area contributed by atoms with Crippen molar-refractivity contribution in [2.24, 2.45) is 11.0 Å². The highest BCUT2D eigenvalue weighted by atomic mass is 35.5. The van der Waals surface area contributed by atoms with Crippen LogP contribution in [-0.2, 0) is 9.59 Å². The third kappa shape index (κ3) is 7.22. The molecule has 120 valence electrons. The van der Waals surface area contributed by atoms with Crippen LogP contribution in [0.2, 0.25) is 5.02 Å². The normalized spacial score (nSPS) is 11.4. The number of anilines is 1. The fraction of sp³-hybridized carbons (Fsp3) is 0.438. The van der Waals surface area contributed by atoms with Crippen molar-refractivity contribution in [3.05, 3.63) is 29.3 Å². The molecule has 0 aromatic heterocycles. The quantitative estimate of drug-likeness (QED) is 0.594. The summed E-state index contributed by atoms with van der Waals surface area (Å²) in [6.07, 6.45) is 0.984. The largest absolute Gasteiger partial charge is 0.325 e. The summed E-state index contributed by atoms with van der Waals surface area (Å²) >= 11 is 5.95. The van der Waals surface area contributed by atoms with E-state index in [2.05, 4.69) is 29.7 Å². The van der Waals surface area contributed by atoms with Gasteiger partial charge in [0.15, 0.2) is 0 Å². The van der Waals surface area contributed by atoms with Gasteiger partial charge in [0.25, 0.3) is 0 Å². The number of hydrogen-bond donors (Lipinski definition) is 2. The fourth-order valence-corrected chi connectivity index (χ4v) is 2.04. The van der Waals surface area contributed by atoms with Crippen molar-refractivity contribution in [2.75, 3.05) is 5.32 Å². The van der Waals surface area contributed by atoms with Crippen LogP contribution in [0.25, 0.3) is 0 Å². The van der Waals surface area contributed by atoms with Gasteiger partial charge in [-0.15, -0.1) is 0 Å². The standard InChI is InChI=1S/C16H22ClN3O2/c1-11(2)10-12(3)19-20-16(22)9-8-15(21)18-14-7-5-4-6-13(14)17/h4-7,11H,8-10H2,1-3H3,(H,18,21)(H,20,22)/b19-12-. The highest BCUT2D eigenvalue weighted by molar-refractivity contribution is 6.33. The van der Waals surface area contributed by atoms with Crippen LogP contribution in [0.1, 0.15) is 40.0 Å². The second-order valence-corrected chi connectivity index (χ2v) is 5.92. The molecule has 0 saturated heterocycles. The molecular weight excluding hydrogens is 302 g/mol. The predicted octanol–water partition coefficient (Wildman–Crippen LogP) is 3.60. The first-order valence-electron chi connectivity index (χ1n) is 7.25. The zero-order chi connectivity index (χ0) is 16.5. The van der Waals surface area contributed by atoms with Crippen molar-refractivity contribution in [1.29, 1.82) is 0 Å². The fourth-order valence-electron chi connectivity index (χ4n) is 1.85. The van der Waals surface area contributed by atoms with Crippen LogP contribution in [0.4, 0.5) is 5.69 Å². The number of carbonyl (C=O) groups excluding carboxylic acids is 2. The lowest BCUT2D eigenvalue weighted by atomic mass is 10.1. The van der Waals surface area contributed by atoms with Gasteiger partial charge < -0.3 is 5.32 Å². The highest BCUT2D eigenvalue weighted by Gasteiger charge is 2.08. The summed E-state index contributed by atoms with van der Waals surface area (Å²) in [6.45, 7) is 6.03. The summed E-state index contributed by atoms with van der Waals surface area (Å²) in [5, 5.41) is 7.14. The van der Waals surface area contributed by atoms with Gasteiger partial charge in [-0.1, -0.05) is 37.6 Å². The SMILES string of the molecule is C/C(CC(C)C)=N/NC(=O)CCC(=O)Nc1ccccc1Cl. The van der Waals surface area contributed by atoms with Crippen LogP contribution in [0.5, 0.6) is 0 Å². The number of carbonyl (C=O) groups is 2.